The Morgan fingerprint density at radius 3 is 2.47 bits per heavy atom. The average molecular weight is 249 g/mol. The molecule has 0 spiro atoms. The SMILES string of the molecule is Cc1nn([C@@H](C)C(=O)O)c(C(F)F)c1[N+](=O)[O-]. The summed E-state index contributed by atoms with van der Waals surface area (Å²) < 4.78 is 25.9. The molecule has 1 rings (SSSR count). The number of carboxylic acid groups (broad SMARTS) is 1. The minimum absolute atomic E-state index is 0.238. The van der Waals surface area contributed by atoms with Crippen molar-refractivity contribution in [1.82, 2.24) is 9.78 Å². The summed E-state index contributed by atoms with van der Waals surface area (Å²) in [6.45, 7) is 2.29. The van der Waals surface area contributed by atoms with Crippen LogP contribution in [0.15, 0.2) is 0 Å². The standard InChI is InChI=1S/C8H9F2N3O4/c1-3-5(13(16)17)6(7(9)10)12(11-3)4(2)8(14)15/h4,7H,1-2H3,(H,14,15)/t4-/m0/s1. The van der Waals surface area contributed by atoms with E-state index in [0.29, 0.717) is 4.68 Å². The molecule has 94 valence electrons. The molecule has 0 bridgehead atoms. The maximum atomic E-state index is 12.7. The normalized spacial score (nSPS) is 12.8. The third kappa shape index (κ3) is 2.22. The van der Waals surface area contributed by atoms with Gasteiger partial charge in [0.15, 0.2) is 5.69 Å². The molecule has 0 fully saturated rings. The van der Waals surface area contributed by atoms with Crippen LogP contribution in [0.25, 0.3) is 0 Å². The summed E-state index contributed by atoms with van der Waals surface area (Å²) in [5.74, 6) is -1.40. The van der Waals surface area contributed by atoms with Crippen LogP contribution >= 0.6 is 0 Å². The van der Waals surface area contributed by atoms with Crippen LogP contribution in [0.3, 0.4) is 0 Å². The third-order valence-corrected chi connectivity index (χ3v) is 2.20. The minimum atomic E-state index is -3.17. The topological polar surface area (TPSA) is 98.3 Å². The number of nitrogens with zero attached hydrogens (tertiary/aromatic N) is 3. The zero-order valence-corrected chi connectivity index (χ0v) is 8.92. The highest BCUT2D eigenvalue weighted by Gasteiger charge is 2.34. The Kier molecular flexibility index (Phi) is 3.39. The fraction of sp³-hybridized carbons (Fsp3) is 0.500. The molecule has 1 N–H and O–H groups in total. The number of aliphatic carboxylic acids is 1. The number of aromatic nitrogens is 2. The van der Waals surface area contributed by atoms with Gasteiger partial charge in [-0.2, -0.15) is 5.10 Å². The maximum absolute atomic E-state index is 12.7. The van der Waals surface area contributed by atoms with Crippen molar-refractivity contribution in [2.75, 3.05) is 0 Å². The quantitative estimate of drug-likeness (QED) is 0.646. The molecule has 7 nitrogen and oxygen atoms in total. The van der Waals surface area contributed by atoms with Crippen LogP contribution in [0.5, 0.6) is 0 Å². The predicted molar refractivity (Wildman–Crippen MR) is 50.9 cm³/mol. The Hall–Kier alpha value is -2.06. The second kappa shape index (κ2) is 4.44. The first-order valence-corrected chi connectivity index (χ1v) is 4.51. The van der Waals surface area contributed by atoms with Gasteiger partial charge in [-0.3, -0.25) is 10.1 Å². The molecule has 1 aromatic rings. The molecular weight excluding hydrogens is 240 g/mol. The lowest BCUT2D eigenvalue weighted by Crippen LogP contribution is -2.19. The molecule has 0 aliphatic rings. The van der Waals surface area contributed by atoms with Crippen molar-refractivity contribution in [2.24, 2.45) is 0 Å². The number of hydrogen-bond donors (Lipinski definition) is 1. The van der Waals surface area contributed by atoms with E-state index in [0.717, 1.165) is 6.92 Å². The molecule has 1 aromatic heterocycles. The van der Waals surface area contributed by atoms with Crippen molar-refractivity contribution in [3.05, 3.63) is 21.5 Å². The Morgan fingerprint density at radius 1 is 1.59 bits per heavy atom. The molecule has 0 saturated heterocycles. The van der Waals surface area contributed by atoms with E-state index < -0.39 is 34.7 Å². The van der Waals surface area contributed by atoms with Gasteiger partial charge in [0.2, 0.25) is 0 Å². The summed E-state index contributed by atoms with van der Waals surface area (Å²) in [5, 5.41) is 22.8. The van der Waals surface area contributed by atoms with Gasteiger partial charge in [-0.15, -0.1) is 0 Å². The van der Waals surface area contributed by atoms with Gasteiger partial charge < -0.3 is 5.11 Å². The molecule has 0 radical (unpaired) electrons. The Morgan fingerprint density at radius 2 is 2.12 bits per heavy atom. The van der Waals surface area contributed by atoms with E-state index in [9.17, 15) is 23.7 Å². The van der Waals surface area contributed by atoms with E-state index in [1.165, 1.54) is 6.92 Å². The summed E-state index contributed by atoms with van der Waals surface area (Å²) in [6, 6.07) is -1.40. The summed E-state index contributed by atoms with van der Waals surface area (Å²) in [7, 11) is 0. The lowest BCUT2D eigenvalue weighted by Gasteiger charge is -2.09. The minimum Gasteiger partial charge on any atom is -0.480 e. The molecular formula is C8H9F2N3O4. The fourth-order valence-corrected chi connectivity index (χ4v) is 1.39. The Labute approximate surface area is 93.8 Å². The van der Waals surface area contributed by atoms with Gasteiger partial charge in [-0.1, -0.05) is 0 Å². The van der Waals surface area contributed by atoms with Crippen LogP contribution in [-0.4, -0.2) is 25.8 Å². The van der Waals surface area contributed by atoms with Gasteiger partial charge in [0.1, 0.15) is 11.7 Å². The first-order valence-electron chi connectivity index (χ1n) is 4.51. The zero-order valence-electron chi connectivity index (χ0n) is 8.92. The largest absolute Gasteiger partial charge is 0.480 e. The summed E-state index contributed by atoms with van der Waals surface area (Å²) >= 11 is 0. The van der Waals surface area contributed by atoms with E-state index in [-0.39, 0.29) is 5.69 Å². The Bertz CT molecular complexity index is 472. The Balaban J connectivity index is 3.47. The highest BCUT2D eigenvalue weighted by Crippen LogP contribution is 2.33. The van der Waals surface area contributed by atoms with Crippen LogP contribution < -0.4 is 0 Å². The van der Waals surface area contributed by atoms with Crippen LogP contribution in [0.4, 0.5) is 14.5 Å². The van der Waals surface area contributed by atoms with E-state index in [4.69, 9.17) is 5.11 Å². The van der Waals surface area contributed by atoms with Gasteiger partial charge in [0.25, 0.3) is 6.43 Å². The second-order valence-electron chi connectivity index (χ2n) is 3.34. The summed E-state index contributed by atoms with van der Waals surface area (Å²) in [6.07, 6.45) is -3.17. The molecule has 1 atom stereocenters. The van der Waals surface area contributed by atoms with Crippen LogP contribution in [0, 0.1) is 17.0 Å². The molecule has 0 amide bonds. The van der Waals surface area contributed by atoms with Crippen LogP contribution in [-0.2, 0) is 4.79 Å². The lowest BCUT2D eigenvalue weighted by atomic mass is 10.3. The lowest BCUT2D eigenvalue weighted by molar-refractivity contribution is -0.387. The van der Waals surface area contributed by atoms with E-state index >= 15 is 0 Å². The first-order chi connectivity index (χ1) is 7.77. The highest BCUT2D eigenvalue weighted by molar-refractivity contribution is 5.71. The number of rotatable bonds is 4. The number of nitro groups is 1. The molecule has 9 heteroatoms. The first kappa shape index (κ1) is 13.0. The van der Waals surface area contributed by atoms with Crippen molar-refractivity contribution >= 4 is 11.7 Å². The highest BCUT2D eigenvalue weighted by atomic mass is 19.3. The second-order valence-corrected chi connectivity index (χ2v) is 3.34. The van der Waals surface area contributed by atoms with Crippen molar-refractivity contribution < 1.29 is 23.6 Å². The van der Waals surface area contributed by atoms with Crippen molar-refractivity contribution in [3.63, 3.8) is 0 Å². The van der Waals surface area contributed by atoms with Crippen LogP contribution in [0.2, 0.25) is 0 Å². The monoisotopic (exact) mass is 249 g/mol. The number of carboxylic acids is 1. The van der Waals surface area contributed by atoms with E-state index in [1.54, 1.807) is 0 Å². The van der Waals surface area contributed by atoms with Gasteiger partial charge >= 0.3 is 11.7 Å². The van der Waals surface area contributed by atoms with Crippen molar-refractivity contribution in [2.45, 2.75) is 26.3 Å². The van der Waals surface area contributed by atoms with Gasteiger partial charge in [0, 0.05) is 0 Å². The van der Waals surface area contributed by atoms with E-state index in [2.05, 4.69) is 5.10 Å². The number of aryl methyl sites for hydroxylation is 1. The number of halogens is 2. The van der Waals surface area contributed by atoms with Crippen LogP contribution in [0.1, 0.15) is 30.8 Å². The molecule has 17 heavy (non-hydrogen) atoms. The summed E-state index contributed by atoms with van der Waals surface area (Å²) in [5.41, 5.74) is -2.06. The van der Waals surface area contributed by atoms with Gasteiger partial charge in [-0.25, -0.2) is 18.3 Å². The molecule has 0 saturated carbocycles. The number of hydrogen-bond acceptors (Lipinski definition) is 4. The van der Waals surface area contributed by atoms with Crippen molar-refractivity contribution in [1.29, 1.82) is 0 Å². The zero-order chi connectivity index (χ0) is 13.3. The summed E-state index contributed by atoms with van der Waals surface area (Å²) in [4.78, 5) is 20.3. The predicted octanol–water partition coefficient (Wildman–Crippen LogP) is 1.68. The molecule has 0 aliphatic carbocycles. The van der Waals surface area contributed by atoms with E-state index in [1.807, 2.05) is 0 Å². The smallest absolute Gasteiger partial charge is 0.328 e. The molecule has 0 aliphatic heterocycles. The molecule has 0 unspecified atom stereocenters. The maximum Gasteiger partial charge on any atom is 0.328 e. The van der Waals surface area contributed by atoms with Gasteiger partial charge in [-0.05, 0) is 13.8 Å². The number of carbonyl (C=O) groups is 1. The van der Waals surface area contributed by atoms with Gasteiger partial charge in [0.05, 0.1) is 4.92 Å². The van der Waals surface area contributed by atoms with Crippen molar-refractivity contribution in [3.8, 4) is 0 Å². The average Bonchev–Trinajstić information content (AvgIpc) is 2.54. The molecule has 1 heterocycles. The third-order valence-electron chi connectivity index (χ3n) is 2.20. The fourth-order valence-electron chi connectivity index (χ4n) is 1.39. The number of alkyl halides is 2. The molecule has 0 aromatic carbocycles.